The number of nitrogens with two attached hydrogens (primary N) is 1. The van der Waals surface area contributed by atoms with Crippen LogP contribution in [0.15, 0.2) is 29.2 Å². The molecule has 54 valence electrons. The van der Waals surface area contributed by atoms with E-state index in [-0.39, 0.29) is 0 Å². The fourth-order valence-corrected chi connectivity index (χ4v) is 1.19. The molecule has 1 aromatic carbocycles. The van der Waals surface area contributed by atoms with Crippen LogP contribution in [0, 0.1) is 0 Å². The van der Waals surface area contributed by atoms with E-state index >= 15 is 0 Å². The molecule has 1 nitrogen and oxygen atoms in total. The summed E-state index contributed by atoms with van der Waals surface area (Å²) >= 11 is 1.14. The van der Waals surface area contributed by atoms with Crippen molar-refractivity contribution in [3.63, 3.8) is 0 Å². The van der Waals surface area contributed by atoms with Gasteiger partial charge in [-0.3, -0.25) is 0 Å². The van der Waals surface area contributed by atoms with E-state index in [0.717, 1.165) is 16.7 Å². The lowest BCUT2D eigenvalue weighted by Gasteiger charge is -1.96. The lowest BCUT2D eigenvalue weighted by Crippen LogP contribution is -1.82. The monoisotopic (exact) mass is 157 g/mol. The van der Waals surface area contributed by atoms with Gasteiger partial charge in [-0.25, -0.2) is 4.39 Å². The Morgan fingerprint density at radius 2 is 2.30 bits per heavy atom. The lowest BCUT2D eigenvalue weighted by molar-refractivity contribution is 0.606. The molecule has 0 aromatic heterocycles. The van der Waals surface area contributed by atoms with Crippen LogP contribution in [0.2, 0.25) is 0 Å². The second-order valence-electron chi connectivity index (χ2n) is 1.83. The molecule has 0 saturated carbocycles. The number of hydrogen-bond acceptors (Lipinski definition) is 2. The minimum Gasteiger partial charge on any atom is -0.399 e. The quantitative estimate of drug-likeness (QED) is 0.526. The minimum atomic E-state index is -0.399. The van der Waals surface area contributed by atoms with E-state index < -0.39 is 6.01 Å². The largest absolute Gasteiger partial charge is 0.399 e. The molecule has 0 aliphatic carbocycles. The van der Waals surface area contributed by atoms with Crippen LogP contribution in [0.4, 0.5) is 10.1 Å². The molecular formula is C7H8FNS. The molecule has 0 bridgehead atoms. The van der Waals surface area contributed by atoms with Crippen LogP contribution in [0.25, 0.3) is 0 Å². The first kappa shape index (κ1) is 7.41. The zero-order valence-corrected chi connectivity index (χ0v) is 6.20. The number of halogens is 1. The van der Waals surface area contributed by atoms with E-state index in [9.17, 15) is 4.39 Å². The van der Waals surface area contributed by atoms with Gasteiger partial charge in [-0.1, -0.05) is 17.8 Å². The summed E-state index contributed by atoms with van der Waals surface area (Å²) in [5.74, 6) is 0. The molecule has 0 aliphatic heterocycles. The fourth-order valence-electron chi connectivity index (χ4n) is 0.667. The number of benzene rings is 1. The summed E-state index contributed by atoms with van der Waals surface area (Å²) in [5, 5.41) is 0. The molecule has 2 N–H and O–H groups in total. The van der Waals surface area contributed by atoms with Gasteiger partial charge in [-0.05, 0) is 18.2 Å². The molecule has 0 amide bonds. The smallest absolute Gasteiger partial charge is 0.139 e. The van der Waals surface area contributed by atoms with Crippen molar-refractivity contribution in [1.82, 2.24) is 0 Å². The Morgan fingerprint density at radius 3 is 2.90 bits per heavy atom. The van der Waals surface area contributed by atoms with Crippen LogP contribution < -0.4 is 5.73 Å². The van der Waals surface area contributed by atoms with Gasteiger partial charge in [0, 0.05) is 10.6 Å². The average Bonchev–Trinajstić information content (AvgIpc) is 1.88. The molecule has 0 unspecified atom stereocenters. The van der Waals surface area contributed by atoms with Gasteiger partial charge >= 0.3 is 0 Å². The Labute approximate surface area is 63.4 Å². The highest BCUT2D eigenvalue weighted by atomic mass is 32.2. The topological polar surface area (TPSA) is 26.0 Å². The van der Waals surface area contributed by atoms with Gasteiger partial charge in [0.15, 0.2) is 0 Å². The van der Waals surface area contributed by atoms with Crippen LogP contribution >= 0.6 is 11.8 Å². The molecule has 0 aliphatic rings. The summed E-state index contributed by atoms with van der Waals surface area (Å²) in [4.78, 5) is 0.877. The van der Waals surface area contributed by atoms with Crippen molar-refractivity contribution in [2.24, 2.45) is 0 Å². The van der Waals surface area contributed by atoms with Crippen molar-refractivity contribution in [3.8, 4) is 0 Å². The maximum absolute atomic E-state index is 11.7. The number of hydrogen-bond donors (Lipinski definition) is 1. The summed E-state index contributed by atoms with van der Waals surface area (Å²) in [5.41, 5.74) is 6.13. The van der Waals surface area contributed by atoms with Gasteiger partial charge in [0.05, 0.1) is 0 Å². The summed E-state index contributed by atoms with van der Waals surface area (Å²) in [6.07, 6.45) is 0. The van der Waals surface area contributed by atoms with Crippen molar-refractivity contribution >= 4 is 17.4 Å². The Kier molecular flexibility index (Phi) is 2.57. The Bertz CT molecular complexity index is 215. The second-order valence-corrected chi connectivity index (χ2v) is 2.80. The molecule has 1 aromatic rings. The van der Waals surface area contributed by atoms with E-state index in [4.69, 9.17) is 5.73 Å². The molecule has 0 heterocycles. The van der Waals surface area contributed by atoms with Gasteiger partial charge in [0.1, 0.15) is 6.01 Å². The van der Waals surface area contributed by atoms with Crippen molar-refractivity contribution in [3.05, 3.63) is 24.3 Å². The number of anilines is 1. The van der Waals surface area contributed by atoms with Gasteiger partial charge in [0.2, 0.25) is 0 Å². The van der Waals surface area contributed by atoms with Gasteiger partial charge in [0.25, 0.3) is 0 Å². The minimum absolute atomic E-state index is 0.399. The molecule has 1 rings (SSSR count). The molecule has 0 spiro atoms. The molecule has 0 atom stereocenters. The Balaban J connectivity index is 2.75. The molecule has 0 saturated heterocycles. The maximum atomic E-state index is 11.7. The lowest BCUT2D eigenvalue weighted by atomic mass is 10.3. The van der Waals surface area contributed by atoms with E-state index in [1.54, 1.807) is 12.1 Å². The third kappa shape index (κ3) is 1.92. The first-order valence-electron chi connectivity index (χ1n) is 2.87. The standard InChI is InChI=1S/C7H8FNS/c8-5-10-7-3-1-2-6(9)4-7/h1-4H,5,9H2. The highest BCUT2D eigenvalue weighted by Crippen LogP contribution is 2.19. The fraction of sp³-hybridized carbons (Fsp3) is 0.143. The first-order valence-corrected chi connectivity index (χ1v) is 3.86. The van der Waals surface area contributed by atoms with Crippen molar-refractivity contribution < 1.29 is 4.39 Å². The molecule has 10 heavy (non-hydrogen) atoms. The first-order chi connectivity index (χ1) is 4.83. The van der Waals surface area contributed by atoms with Gasteiger partial charge in [-0.2, -0.15) is 0 Å². The summed E-state index contributed by atoms with van der Waals surface area (Å²) in [7, 11) is 0. The molecular weight excluding hydrogens is 149 g/mol. The van der Waals surface area contributed by atoms with Crippen LogP contribution in [-0.4, -0.2) is 6.01 Å². The highest BCUT2D eigenvalue weighted by molar-refractivity contribution is 7.99. The third-order valence-electron chi connectivity index (χ3n) is 1.08. The van der Waals surface area contributed by atoms with Gasteiger partial charge < -0.3 is 5.73 Å². The third-order valence-corrected chi connectivity index (χ3v) is 1.78. The summed E-state index contributed by atoms with van der Waals surface area (Å²) < 4.78 is 11.7. The predicted molar refractivity (Wildman–Crippen MR) is 42.7 cm³/mol. The number of alkyl halides is 1. The number of nitrogen functional groups attached to an aromatic ring is 1. The van der Waals surface area contributed by atoms with E-state index in [1.165, 1.54) is 0 Å². The Morgan fingerprint density at radius 1 is 1.50 bits per heavy atom. The van der Waals surface area contributed by atoms with E-state index in [1.807, 2.05) is 12.1 Å². The zero-order valence-electron chi connectivity index (χ0n) is 5.38. The van der Waals surface area contributed by atoms with Crippen LogP contribution in [0.5, 0.6) is 0 Å². The summed E-state index contributed by atoms with van der Waals surface area (Å²) in [6, 6.07) is 6.78. The normalized spacial score (nSPS) is 9.70. The predicted octanol–water partition coefficient (Wildman–Crippen LogP) is 2.29. The van der Waals surface area contributed by atoms with Crippen LogP contribution in [-0.2, 0) is 0 Å². The van der Waals surface area contributed by atoms with E-state index in [2.05, 4.69) is 0 Å². The van der Waals surface area contributed by atoms with Gasteiger partial charge in [-0.15, -0.1) is 0 Å². The highest BCUT2D eigenvalue weighted by Gasteiger charge is 1.91. The average molecular weight is 157 g/mol. The Hall–Kier alpha value is -0.700. The van der Waals surface area contributed by atoms with Crippen molar-refractivity contribution in [1.29, 1.82) is 0 Å². The number of rotatable bonds is 2. The van der Waals surface area contributed by atoms with Crippen LogP contribution in [0.3, 0.4) is 0 Å². The van der Waals surface area contributed by atoms with Crippen molar-refractivity contribution in [2.75, 3.05) is 11.7 Å². The SMILES string of the molecule is Nc1cccc(SCF)c1. The van der Waals surface area contributed by atoms with E-state index in [0.29, 0.717) is 5.69 Å². The maximum Gasteiger partial charge on any atom is 0.139 e. The molecule has 3 heteroatoms. The zero-order chi connectivity index (χ0) is 7.40. The number of thioether (sulfide) groups is 1. The van der Waals surface area contributed by atoms with Crippen LogP contribution in [0.1, 0.15) is 0 Å². The summed E-state index contributed by atoms with van der Waals surface area (Å²) in [6.45, 7) is 0. The van der Waals surface area contributed by atoms with Crippen molar-refractivity contribution in [2.45, 2.75) is 4.90 Å². The molecule has 0 radical (unpaired) electrons. The molecule has 0 fully saturated rings. The second kappa shape index (κ2) is 3.46.